The summed E-state index contributed by atoms with van der Waals surface area (Å²) < 4.78 is 0. The first-order valence-electron chi connectivity index (χ1n) is 11.0. The molecule has 0 unspecified atom stereocenters. The number of fused-ring (bicyclic) bond motifs is 2. The van der Waals surface area contributed by atoms with Crippen LogP contribution in [0.1, 0.15) is 47.0 Å². The minimum atomic E-state index is 0.190. The van der Waals surface area contributed by atoms with Gasteiger partial charge in [0, 0.05) is 17.5 Å². The Hall–Kier alpha value is -3.18. The fourth-order valence-electron chi connectivity index (χ4n) is 4.91. The molecule has 3 heterocycles. The summed E-state index contributed by atoms with van der Waals surface area (Å²) in [6.07, 6.45) is 5.39. The molecule has 0 radical (unpaired) electrons. The summed E-state index contributed by atoms with van der Waals surface area (Å²) in [7, 11) is 0. The second-order valence-electron chi connectivity index (χ2n) is 8.37. The highest BCUT2D eigenvalue weighted by Crippen LogP contribution is 2.44. The molecule has 0 saturated carbocycles. The van der Waals surface area contributed by atoms with Crippen LogP contribution in [0.2, 0.25) is 0 Å². The number of nitrogens with one attached hydrogen (secondary N) is 1. The van der Waals surface area contributed by atoms with Crippen LogP contribution in [-0.4, -0.2) is 10.7 Å². The van der Waals surface area contributed by atoms with Gasteiger partial charge in [0.1, 0.15) is 4.83 Å². The SMILES string of the molecule is Nc1c(C2=NN[C@@H](c3ccccc3)C2)sc2nc3c(c(-c4ccccc4)c12)CCCC3. The van der Waals surface area contributed by atoms with E-state index in [2.05, 4.69) is 65.1 Å². The van der Waals surface area contributed by atoms with Gasteiger partial charge in [0.2, 0.25) is 0 Å². The number of anilines is 1. The Labute approximate surface area is 185 Å². The maximum Gasteiger partial charge on any atom is 0.126 e. The van der Waals surface area contributed by atoms with Crippen molar-refractivity contribution in [1.29, 1.82) is 0 Å². The van der Waals surface area contributed by atoms with Crippen molar-refractivity contribution in [3.63, 3.8) is 0 Å². The van der Waals surface area contributed by atoms with Gasteiger partial charge < -0.3 is 11.2 Å². The molecule has 4 aromatic rings. The van der Waals surface area contributed by atoms with Crippen molar-refractivity contribution in [3.8, 4) is 11.1 Å². The van der Waals surface area contributed by atoms with Gasteiger partial charge in [-0.25, -0.2) is 4.98 Å². The second-order valence-corrected chi connectivity index (χ2v) is 9.36. The van der Waals surface area contributed by atoms with Gasteiger partial charge in [0.05, 0.1) is 22.3 Å². The predicted octanol–water partition coefficient (Wildman–Crippen LogP) is 5.86. The van der Waals surface area contributed by atoms with E-state index in [1.807, 2.05) is 6.07 Å². The van der Waals surface area contributed by atoms with Crippen molar-refractivity contribution in [1.82, 2.24) is 10.4 Å². The third-order valence-electron chi connectivity index (χ3n) is 6.43. The zero-order valence-electron chi connectivity index (χ0n) is 17.3. The summed E-state index contributed by atoms with van der Waals surface area (Å²) in [5, 5.41) is 5.80. The lowest BCUT2D eigenvalue weighted by Crippen LogP contribution is -2.09. The maximum atomic E-state index is 6.84. The first-order valence-corrected chi connectivity index (χ1v) is 11.8. The third-order valence-corrected chi connectivity index (χ3v) is 7.58. The molecule has 2 aromatic carbocycles. The topological polar surface area (TPSA) is 63.3 Å². The molecule has 4 nitrogen and oxygen atoms in total. The van der Waals surface area contributed by atoms with E-state index in [1.165, 1.54) is 40.8 Å². The molecule has 0 spiro atoms. The fourth-order valence-corrected chi connectivity index (χ4v) is 6.03. The number of hydrogen-bond donors (Lipinski definition) is 2. The molecule has 1 atom stereocenters. The van der Waals surface area contributed by atoms with E-state index in [4.69, 9.17) is 10.7 Å². The molecule has 3 N–H and O–H groups in total. The number of aryl methyl sites for hydroxylation is 1. The Bertz CT molecular complexity index is 1290. The number of pyridine rings is 1. The first-order chi connectivity index (χ1) is 15.3. The van der Waals surface area contributed by atoms with Crippen molar-refractivity contribution in [2.75, 3.05) is 5.73 Å². The Kier molecular flexibility index (Phi) is 4.50. The first kappa shape index (κ1) is 18.6. The zero-order chi connectivity index (χ0) is 20.8. The largest absolute Gasteiger partial charge is 0.397 e. The Balaban J connectivity index is 1.49. The summed E-state index contributed by atoms with van der Waals surface area (Å²) in [5.74, 6) is 0. The molecule has 0 saturated heterocycles. The Morgan fingerprint density at radius 2 is 1.68 bits per heavy atom. The highest BCUT2D eigenvalue weighted by atomic mass is 32.1. The van der Waals surface area contributed by atoms with Crippen molar-refractivity contribution in [2.45, 2.75) is 38.1 Å². The smallest absolute Gasteiger partial charge is 0.126 e. The monoisotopic (exact) mass is 424 g/mol. The average Bonchev–Trinajstić information content (AvgIpc) is 3.44. The average molecular weight is 425 g/mol. The molecule has 0 bridgehead atoms. The van der Waals surface area contributed by atoms with E-state index in [-0.39, 0.29) is 6.04 Å². The van der Waals surface area contributed by atoms with Gasteiger partial charge >= 0.3 is 0 Å². The van der Waals surface area contributed by atoms with Crippen molar-refractivity contribution in [2.24, 2.45) is 5.10 Å². The van der Waals surface area contributed by atoms with Crippen LogP contribution in [0, 0.1) is 0 Å². The maximum absolute atomic E-state index is 6.84. The van der Waals surface area contributed by atoms with E-state index in [1.54, 1.807) is 11.3 Å². The molecule has 31 heavy (non-hydrogen) atoms. The summed E-state index contributed by atoms with van der Waals surface area (Å²) in [6.45, 7) is 0. The lowest BCUT2D eigenvalue weighted by molar-refractivity contribution is 0.620. The van der Waals surface area contributed by atoms with Crippen LogP contribution in [0.3, 0.4) is 0 Å². The molecule has 1 aliphatic heterocycles. The summed E-state index contributed by atoms with van der Waals surface area (Å²) in [5.41, 5.74) is 18.4. The van der Waals surface area contributed by atoms with Gasteiger partial charge in [0.25, 0.3) is 0 Å². The van der Waals surface area contributed by atoms with E-state index in [0.29, 0.717) is 0 Å². The van der Waals surface area contributed by atoms with Gasteiger partial charge in [0.15, 0.2) is 0 Å². The Morgan fingerprint density at radius 1 is 0.935 bits per heavy atom. The third kappa shape index (κ3) is 3.12. The minimum Gasteiger partial charge on any atom is -0.397 e. The van der Waals surface area contributed by atoms with Crippen molar-refractivity contribution in [3.05, 3.63) is 82.4 Å². The van der Waals surface area contributed by atoms with Gasteiger partial charge in [-0.1, -0.05) is 60.7 Å². The summed E-state index contributed by atoms with van der Waals surface area (Å²) in [6, 6.07) is 21.3. The summed E-state index contributed by atoms with van der Waals surface area (Å²) >= 11 is 1.69. The van der Waals surface area contributed by atoms with Gasteiger partial charge in [-0.05, 0) is 47.9 Å². The lowest BCUT2D eigenvalue weighted by Gasteiger charge is -2.20. The van der Waals surface area contributed by atoms with Crippen LogP contribution in [0.4, 0.5) is 5.69 Å². The van der Waals surface area contributed by atoms with Gasteiger partial charge in [-0.3, -0.25) is 0 Å². The van der Waals surface area contributed by atoms with Crippen LogP contribution in [-0.2, 0) is 12.8 Å². The molecule has 5 heteroatoms. The van der Waals surface area contributed by atoms with E-state index in [9.17, 15) is 0 Å². The number of thiophene rings is 1. The highest BCUT2D eigenvalue weighted by Gasteiger charge is 2.28. The van der Waals surface area contributed by atoms with Crippen LogP contribution < -0.4 is 11.2 Å². The molecular weight excluding hydrogens is 400 g/mol. The minimum absolute atomic E-state index is 0.190. The zero-order valence-corrected chi connectivity index (χ0v) is 18.1. The molecule has 2 aromatic heterocycles. The molecule has 0 amide bonds. The van der Waals surface area contributed by atoms with E-state index >= 15 is 0 Å². The normalized spacial score (nSPS) is 17.9. The number of nitrogens with two attached hydrogens (primary N) is 1. The molecule has 1 aliphatic carbocycles. The number of aromatic nitrogens is 1. The van der Waals surface area contributed by atoms with Gasteiger partial charge in [-0.15, -0.1) is 11.3 Å². The number of nitrogens with zero attached hydrogens (tertiary/aromatic N) is 2. The van der Waals surface area contributed by atoms with Crippen LogP contribution in [0.25, 0.3) is 21.3 Å². The van der Waals surface area contributed by atoms with Crippen molar-refractivity contribution < 1.29 is 0 Å². The Morgan fingerprint density at radius 3 is 2.48 bits per heavy atom. The predicted molar refractivity (Wildman–Crippen MR) is 130 cm³/mol. The lowest BCUT2D eigenvalue weighted by atomic mass is 9.87. The fraction of sp³-hybridized carbons (Fsp3) is 0.231. The van der Waals surface area contributed by atoms with E-state index in [0.717, 1.165) is 45.8 Å². The van der Waals surface area contributed by atoms with Crippen LogP contribution in [0.5, 0.6) is 0 Å². The molecule has 154 valence electrons. The van der Waals surface area contributed by atoms with Gasteiger partial charge in [-0.2, -0.15) is 5.10 Å². The second kappa shape index (κ2) is 7.50. The number of benzene rings is 2. The molecule has 0 fully saturated rings. The summed E-state index contributed by atoms with van der Waals surface area (Å²) in [4.78, 5) is 7.20. The standard InChI is InChI=1S/C26H24N4S/c27-24-23-22(17-11-5-2-6-12-17)18-13-7-8-14-19(18)28-26(23)31-25(24)21-15-20(29-30-21)16-9-3-1-4-10-16/h1-6,9-12,20,29H,7-8,13-15,27H2/t20-/m1/s1. The molecule has 6 rings (SSSR count). The van der Waals surface area contributed by atoms with Crippen molar-refractivity contribution >= 4 is 33.0 Å². The number of hydrogen-bond acceptors (Lipinski definition) is 5. The highest BCUT2D eigenvalue weighted by molar-refractivity contribution is 7.21. The molecule has 2 aliphatic rings. The quantitative estimate of drug-likeness (QED) is 0.433. The number of nitrogen functional groups attached to an aromatic ring is 1. The van der Waals surface area contributed by atoms with Crippen LogP contribution >= 0.6 is 11.3 Å². The van der Waals surface area contributed by atoms with E-state index < -0.39 is 0 Å². The molecular formula is C26H24N4S. The number of rotatable bonds is 3. The van der Waals surface area contributed by atoms with Crippen LogP contribution in [0.15, 0.2) is 65.8 Å². The number of hydrazone groups is 1.